The van der Waals surface area contributed by atoms with E-state index in [-0.39, 0.29) is 11.4 Å². The van der Waals surface area contributed by atoms with Crippen molar-refractivity contribution in [3.05, 3.63) is 71.3 Å². The SMILES string of the molecule is CC(C)(C)NC(=O)c1cccc(CN=C(N)NCCc2ccccc2)c1. The van der Waals surface area contributed by atoms with Crippen molar-refractivity contribution < 1.29 is 4.79 Å². The van der Waals surface area contributed by atoms with E-state index in [1.165, 1.54) is 5.56 Å². The van der Waals surface area contributed by atoms with Gasteiger partial charge in [-0.2, -0.15) is 0 Å². The molecule has 2 aromatic carbocycles. The topological polar surface area (TPSA) is 79.5 Å². The van der Waals surface area contributed by atoms with Crippen molar-refractivity contribution in [1.82, 2.24) is 10.6 Å². The van der Waals surface area contributed by atoms with Gasteiger partial charge >= 0.3 is 0 Å². The molecule has 2 rings (SSSR count). The first-order valence-electron chi connectivity index (χ1n) is 8.83. The predicted octanol–water partition coefficient (Wildman–Crippen LogP) is 2.86. The Labute approximate surface area is 155 Å². The third-order valence-electron chi connectivity index (χ3n) is 3.67. The van der Waals surface area contributed by atoms with Gasteiger partial charge in [-0.1, -0.05) is 42.5 Å². The van der Waals surface area contributed by atoms with Crippen LogP contribution in [0, 0.1) is 0 Å². The second-order valence-electron chi connectivity index (χ2n) is 7.27. The van der Waals surface area contributed by atoms with E-state index in [0.717, 1.165) is 18.5 Å². The molecule has 5 heteroatoms. The maximum absolute atomic E-state index is 12.2. The second-order valence-corrected chi connectivity index (χ2v) is 7.27. The molecule has 0 heterocycles. The summed E-state index contributed by atoms with van der Waals surface area (Å²) in [5, 5.41) is 6.08. The highest BCUT2D eigenvalue weighted by Gasteiger charge is 2.15. The van der Waals surface area contributed by atoms with Crippen LogP contribution < -0.4 is 16.4 Å². The van der Waals surface area contributed by atoms with E-state index in [9.17, 15) is 4.79 Å². The Bertz CT molecular complexity index is 748. The molecule has 0 saturated carbocycles. The number of nitrogens with two attached hydrogens (primary N) is 1. The number of benzene rings is 2. The highest BCUT2D eigenvalue weighted by atomic mass is 16.1. The van der Waals surface area contributed by atoms with E-state index in [1.807, 2.05) is 57.2 Å². The van der Waals surface area contributed by atoms with E-state index >= 15 is 0 Å². The van der Waals surface area contributed by atoms with Crippen LogP contribution in [0.4, 0.5) is 0 Å². The van der Waals surface area contributed by atoms with Crippen LogP contribution in [0.25, 0.3) is 0 Å². The van der Waals surface area contributed by atoms with Crippen molar-refractivity contribution in [3.8, 4) is 0 Å². The van der Waals surface area contributed by atoms with Crippen LogP contribution in [0.5, 0.6) is 0 Å². The molecule has 0 radical (unpaired) electrons. The van der Waals surface area contributed by atoms with Crippen molar-refractivity contribution in [2.24, 2.45) is 10.7 Å². The van der Waals surface area contributed by atoms with Crippen molar-refractivity contribution in [2.75, 3.05) is 6.54 Å². The fourth-order valence-electron chi connectivity index (χ4n) is 2.44. The summed E-state index contributed by atoms with van der Waals surface area (Å²) in [5.41, 5.74) is 8.49. The number of guanidine groups is 1. The lowest BCUT2D eigenvalue weighted by molar-refractivity contribution is 0.0919. The number of hydrogen-bond acceptors (Lipinski definition) is 2. The number of hydrogen-bond donors (Lipinski definition) is 3. The van der Waals surface area contributed by atoms with Crippen LogP contribution in [0.1, 0.15) is 42.3 Å². The fourth-order valence-corrected chi connectivity index (χ4v) is 2.44. The number of carbonyl (C=O) groups excluding carboxylic acids is 1. The third-order valence-corrected chi connectivity index (χ3v) is 3.67. The first-order valence-corrected chi connectivity index (χ1v) is 8.83. The summed E-state index contributed by atoms with van der Waals surface area (Å²) in [6, 6.07) is 17.7. The quantitative estimate of drug-likeness (QED) is 0.552. The van der Waals surface area contributed by atoms with Crippen LogP contribution in [-0.4, -0.2) is 24.0 Å². The van der Waals surface area contributed by atoms with Crippen molar-refractivity contribution >= 4 is 11.9 Å². The summed E-state index contributed by atoms with van der Waals surface area (Å²) >= 11 is 0. The van der Waals surface area contributed by atoms with Crippen LogP contribution in [-0.2, 0) is 13.0 Å². The van der Waals surface area contributed by atoms with Crippen molar-refractivity contribution in [1.29, 1.82) is 0 Å². The van der Waals surface area contributed by atoms with Gasteiger partial charge in [0, 0.05) is 17.6 Å². The van der Waals surface area contributed by atoms with Crippen molar-refractivity contribution in [3.63, 3.8) is 0 Å². The zero-order valence-corrected chi connectivity index (χ0v) is 15.8. The lowest BCUT2D eigenvalue weighted by atomic mass is 10.1. The first kappa shape index (κ1) is 19.5. The zero-order chi connectivity index (χ0) is 19.0. The van der Waals surface area contributed by atoms with Gasteiger partial charge in [0.05, 0.1) is 6.54 Å². The number of carbonyl (C=O) groups is 1. The van der Waals surface area contributed by atoms with Gasteiger partial charge in [0.15, 0.2) is 5.96 Å². The van der Waals surface area contributed by atoms with Crippen LogP contribution >= 0.6 is 0 Å². The average Bonchev–Trinajstić information content (AvgIpc) is 2.60. The van der Waals surface area contributed by atoms with E-state index in [2.05, 4.69) is 27.8 Å². The molecular weight excluding hydrogens is 324 g/mol. The lowest BCUT2D eigenvalue weighted by Crippen LogP contribution is -2.40. The Morgan fingerprint density at radius 2 is 1.73 bits per heavy atom. The molecule has 0 saturated heterocycles. The standard InChI is InChI=1S/C21H28N4O/c1-21(2,3)25-19(26)18-11-7-10-17(14-18)15-24-20(22)23-13-12-16-8-5-4-6-9-16/h4-11,14H,12-13,15H2,1-3H3,(H,25,26)(H3,22,23,24). The minimum Gasteiger partial charge on any atom is -0.370 e. The van der Waals surface area contributed by atoms with Gasteiger partial charge in [-0.15, -0.1) is 0 Å². The summed E-state index contributed by atoms with van der Waals surface area (Å²) < 4.78 is 0. The Balaban J connectivity index is 1.86. The summed E-state index contributed by atoms with van der Waals surface area (Å²) in [6.07, 6.45) is 0.888. The van der Waals surface area contributed by atoms with Gasteiger partial charge in [0.1, 0.15) is 0 Å². The van der Waals surface area contributed by atoms with Crippen LogP contribution in [0.2, 0.25) is 0 Å². The Kier molecular flexibility index (Phi) is 6.78. The number of amides is 1. The van der Waals surface area contributed by atoms with Crippen LogP contribution in [0.15, 0.2) is 59.6 Å². The minimum absolute atomic E-state index is 0.0858. The monoisotopic (exact) mass is 352 g/mol. The highest BCUT2D eigenvalue weighted by molar-refractivity contribution is 5.94. The molecule has 0 aliphatic rings. The molecule has 1 amide bonds. The number of nitrogens with one attached hydrogen (secondary N) is 2. The van der Waals surface area contributed by atoms with E-state index in [4.69, 9.17) is 5.73 Å². The molecule has 0 aliphatic carbocycles. The molecule has 0 aliphatic heterocycles. The van der Waals surface area contributed by atoms with Gasteiger partial charge in [-0.25, -0.2) is 4.99 Å². The largest absolute Gasteiger partial charge is 0.370 e. The van der Waals surface area contributed by atoms with E-state index in [1.54, 1.807) is 6.07 Å². The normalized spacial score (nSPS) is 11.9. The smallest absolute Gasteiger partial charge is 0.251 e. The second kappa shape index (κ2) is 9.04. The molecule has 0 atom stereocenters. The maximum atomic E-state index is 12.2. The van der Waals surface area contributed by atoms with E-state index < -0.39 is 0 Å². The summed E-state index contributed by atoms with van der Waals surface area (Å²) in [5.74, 6) is 0.322. The van der Waals surface area contributed by atoms with Gasteiger partial charge < -0.3 is 16.4 Å². The molecule has 4 N–H and O–H groups in total. The highest BCUT2D eigenvalue weighted by Crippen LogP contribution is 2.09. The minimum atomic E-state index is -0.266. The molecule has 0 unspecified atom stereocenters. The average molecular weight is 352 g/mol. The molecule has 0 aromatic heterocycles. The lowest BCUT2D eigenvalue weighted by Gasteiger charge is -2.20. The number of rotatable bonds is 6. The zero-order valence-electron chi connectivity index (χ0n) is 15.8. The molecular formula is C21H28N4O. The summed E-state index contributed by atoms with van der Waals surface area (Å²) in [4.78, 5) is 16.6. The molecule has 138 valence electrons. The van der Waals surface area contributed by atoms with E-state index in [0.29, 0.717) is 18.1 Å². The number of nitrogens with zero attached hydrogens (tertiary/aromatic N) is 1. The molecule has 0 bridgehead atoms. The molecule has 0 spiro atoms. The maximum Gasteiger partial charge on any atom is 0.251 e. The molecule has 2 aromatic rings. The first-order chi connectivity index (χ1) is 12.3. The summed E-state index contributed by atoms with van der Waals surface area (Å²) in [6.45, 7) is 7.04. The van der Waals surface area contributed by atoms with Gasteiger partial charge in [0.25, 0.3) is 5.91 Å². The fraction of sp³-hybridized carbons (Fsp3) is 0.333. The predicted molar refractivity (Wildman–Crippen MR) is 107 cm³/mol. The molecule has 0 fully saturated rings. The van der Waals surface area contributed by atoms with Crippen molar-refractivity contribution in [2.45, 2.75) is 39.3 Å². The Morgan fingerprint density at radius 1 is 1.04 bits per heavy atom. The van der Waals surface area contributed by atoms with Gasteiger partial charge in [-0.3, -0.25) is 4.79 Å². The summed E-state index contributed by atoms with van der Waals surface area (Å²) in [7, 11) is 0. The van der Waals surface area contributed by atoms with Crippen LogP contribution in [0.3, 0.4) is 0 Å². The molecule has 5 nitrogen and oxygen atoms in total. The van der Waals surface area contributed by atoms with Gasteiger partial charge in [0.2, 0.25) is 0 Å². The molecule has 26 heavy (non-hydrogen) atoms. The number of aliphatic imine (C=N–C) groups is 1. The Hall–Kier alpha value is -2.82. The van der Waals surface area contributed by atoms with Gasteiger partial charge in [-0.05, 0) is 50.5 Å². The third kappa shape index (κ3) is 6.97. The Morgan fingerprint density at radius 3 is 2.42 bits per heavy atom.